The van der Waals surface area contributed by atoms with Gasteiger partial charge in [-0.2, -0.15) is 0 Å². The lowest BCUT2D eigenvalue weighted by atomic mass is 10.2. The molecular formula is C20H23ClN4O2S. The number of carbonyl (C=O) groups is 1. The molecule has 1 aliphatic rings. The van der Waals surface area contributed by atoms with Crippen LogP contribution in [0.2, 0.25) is 5.02 Å². The first-order valence-electron chi connectivity index (χ1n) is 9.01. The number of nitrogens with one attached hydrogen (secondary N) is 2. The van der Waals surface area contributed by atoms with Gasteiger partial charge in [0.15, 0.2) is 5.11 Å². The maximum absolute atomic E-state index is 12.3. The number of carbonyl (C=O) groups excluding carboxylic acids is 1. The molecule has 0 aliphatic carbocycles. The molecule has 6 nitrogen and oxygen atoms in total. The fraction of sp³-hybridized carbons (Fsp3) is 0.300. The standard InChI is InChI=1S/C20H23ClN4O2S/c1-24(20(28)23-17-4-2-15(21)3-5-17)14-19(26)22-16-6-8-18(9-7-16)25-10-12-27-13-11-25/h2-9H,10-14H2,1H3,(H,22,26)(H,23,28). The van der Waals surface area contributed by atoms with E-state index in [0.717, 1.165) is 43.4 Å². The topological polar surface area (TPSA) is 56.8 Å². The van der Waals surface area contributed by atoms with Crippen LogP contribution in [0.1, 0.15) is 0 Å². The summed E-state index contributed by atoms with van der Waals surface area (Å²) in [5.74, 6) is -0.137. The van der Waals surface area contributed by atoms with Gasteiger partial charge in [0.05, 0.1) is 19.8 Å². The number of anilines is 3. The van der Waals surface area contributed by atoms with Gasteiger partial charge in [-0.05, 0) is 60.7 Å². The van der Waals surface area contributed by atoms with Crippen molar-refractivity contribution in [3.05, 3.63) is 53.6 Å². The van der Waals surface area contributed by atoms with Gasteiger partial charge in [-0.15, -0.1) is 0 Å². The Morgan fingerprint density at radius 1 is 1.07 bits per heavy atom. The van der Waals surface area contributed by atoms with Crippen molar-refractivity contribution in [3.8, 4) is 0 Å². The predicted octanol–water partition coefficient (Wildman–Crippen LogP) is 3.44. The second kappa shape index (κ2) is 9.73. The molecule has 28 heavy (non-hydrogen) atoms. The van der Waals surface area contributed by atoms with Crippen LogP contribution >= 0.6 is 23.8 Å². The summed E-state index contributed by atoms with van der Waals surface area (Å²) in [6.07, 6.45) is 0. The minimum Gasteiger partial charge on any atom is -0.378 e. The number of hydrogen-bond donors (Lipinski definition) is 2. The van der Waals surface area contributed by atoms with E-state index in [1.54, 1.807) is 24.1 Å². The van der Waals surface area contributed by atoms with Gasteiger partial charge in [0.2, 0.25) is 5.91 Å². The predicted molar refractivity (Wildman–Crippen MR) is 118 cm³/mol. The summed E-state index contributed by atoms with van der Waals surface area (Å²) in [5.41, 5.74) is 2.71. The molecule has 1 amide bonds. The molecular weight excluding hydrogens is 396 g/mol. The number of likely N-dealkylation sites (N-methyl/N-ethyl adjacent to an activating group) is 1. The molecule has 148 valence electrons. The van der Waals surface area contributed by atoms with Crippen LogP contribution in [0.5, 0.6) is 0 Å². The van der Waals surface area contributed by atoms with Gasteiger partial charge in [0.25, 0.3) is 0 Å². The van der Waals surface area contributed by atoms with Crippen LogP contribution in [0.25, 0.3) is 0 Å². The van der Waals surface area contributed by atoms with Crippen LogP contribution in [0, 0.1) is 0 Å². The first kappa shape index (κ1) is 20.4. The van der Waals surface area contributed by atoms with Crippen molar-refractivity contribution in [3.63, 3.8) is 0 Å². The molecule has 1 heterocycles. The van der Waals surface area contributed by atoms with Crippen LogP contribution < -0.4 is 15.5 Å². The second-order valence-electron chi connectivity index (χ2n) is 6.49. The number of nitrogens with zero attached hydrogens (tertiary/aromatic N) is 2. The molecule has 2 aromatic carbocycles. The Morgan fingerprint density at radius 3 is 2.29 bits per heavy atom. The van der Waals surface area contributed by atoms with Crippen molar-refractivity contribution in [2.24, 2.45) is 0 Å². The maximum atomic E-state index is 12.3. The van der Waals surface area contributed by atoms with Gasteiger partial charge >= 0.3 is 0 Å². The molecule has 2 aromatic rings. The van der Waals surface area contributed by atoms with Crippen molar-refractivity contribution >= 4 is 51.9 Å². The monoisotopic (exact) mass is 418 g/mol. The number of thiocarbonyl (C=S) groups is 1. The average Bonchev–Trinajstić information content (AvgIpc) is 2.71. The Hall–Kier alpha value is -2.35. The molecule has 1 fully saturated rings. The van der Waals surface area contributed by atoms with Crippen LogP contribution in [-0.4, -0.2) is 55.8 Å². The van der Waals surface area contributed by atoms with E-state index in [1.807, 2.05) is 36.4 Å². The summed E-state index contributed by atoms with van der Waals surface area (Å²) in [6.45, 7) is 3.40. The van der Waals surface area contributed by atoms with Crippen LogP contribution in [0.3, 0.4) is 0 Å². The molecule has 0 bridgehead atoms. The fourth-order valence-corrected chi connectivity index (χ4v) is 3.13. The molecule has 0 spiro atoms. The van der Waals surface area contributed by atoms with Crippen molar-refractivity contribution in [2.75, 3.05) is 55.4 Å². The van der Waals surface area contributed by atoms with E-state index < -0.39 is 0 Å². The first-order chi connectivity index (χ1) is 13.5. The highest BCUT2D eigenvalue weighted by Crippen LogP contribution is 2.19. The first-order valence-corrected chi connectivity index (χ1v) is 9.80. The van der Waals surface area contributed by atoms with Gasteiger partial charge in [0, 0.05) is 42.2 Å². The number of halogens is 1. The number of amides is 1. The summed E-state index contributed by atoms with van der Waals surface area (Å²) >= 11 is 11.2. The van der Waals surface area contributed by atoms with E-state index in [2.05, 4.69) is 15.5 Å². The lowest BCUT2D eigenvalue weighted by Gasteiger charge is -2.29. The second-order valence-corrected chi connectivity index (χ2v) is 7.31. The molecule has 0 radical (unpaired) electrons. The molecule has 1 aliphatic heterocycles. The molecule has 0 atom stereocenters. The molecule has 0 unspecified atom stereocenters. The number of hydrogen-bond acceptors (Lipinski definition) is 4. The Kier molecular flexibility index (Phi) is 7.08. The van der Waals surface area contributed by atoms with E-state index in [-0.39, 0.29) is 12.5 Å². The highest BCUT2D eigenvalue weighted by molar-refractivity contribution is 7.80. The molecule has 2 N–H and O–H groups in total. The lowest BCUT2D eigenvalue weighted by Crippen LogP contribution is -2.37. The fourth-order valence-electron chi connectivity index (χ4n) is 2.82. The summed E-state index contributed by atoms with van der Waals surface area (Å²) in [7, 11) is 1.77. The van der Waals surface area contributed by atoms with Crippen LogP contribution in [0.4, 0.5) is 17.1 Å². The van der Waals surface area contributed by atoms with Gasteiger partial charge in [-0.1, -0.05) is 11.6 Å². The Labute approximate surface area is 175 Å². The van der Waals surface area contributed by atoms with Crippen molar-refractivity contribution < 1.29 is 9.53 Å². The van der Waals surface area contributed by atoms with E-state index >= 15 is 0 Å². The van der Waals surface area contributed by atoms with Crippen LogP contribution in [-0.2, 0) is 9.53 Å². The zero-order valence-corrected chi connectivity index (χ0v) is 17.2. The van der Waals surface area contributed by atoms with E-state index in [1.165, 1.54) is 0 Å². The smallest absolute Gasteiger partial charge is 0.243 e. The highest BCUT2D eigenvalue weighted by Gasteiger charge is 2.13. The Balaban J connectivity index is 1.48. The van der Waals surface area contributed by atoms with E-state index in [0.29, 0.717) is 10.1 Å². The van der Waals surface area contributed by atoms with Crippen molar-refractivity contribution in [1.82, 2.24) is 4.90 Å². The normalized spacial score (nSPS) is 13.7. The maximum Gasteiger partial charge on any atom is 0.243 e. The molecule has 3 rings (SSSR count). The average molecular weight is 419 g/mol. The molecule has 0 aromatic heterocycles. The number of rotatable bonds is 5. The third kappa shape index (κ3) is 5.82. The minimum absolute atomic E-state index is 0.137. The van der Waals surface area contributed by atoms with Gasteiger partial charge in [-0.25, -0.2) is 0 Å². The van der Waals surface area contributed by atoms with Gasteiger partial charge in [-0.3, -0.25) is 4.79 Å². The van der Waals surface area contributed by atoms with E-state index in [4.69, 9.17) is 28.6 Å². The van der Waals surface area contributed by atoms with Gasteiger partial charge in [0.1, 0.15) is 0 Å². The molecule has 1 saturated heterocycles. The molecule has 8 heteroatoms. The highest BCUT2D eigenvalue weighted by atomic mass is 35.5. The third-order valence-electron chi connectivity index (χ3n) is 4.35. The third-order valence-corrected chi connectivity index (χ3v) is 5.02. The summed E-state index contributed by atoms with van der Waals surface area (Å²) in [4.78, 5) is 16.3. The van der Waals surface area contributed by atoms with Crippen molar-refractivity contribution in [2.45, 2.75) is 0 Å². The summed E-state index contributed by atoms with van der Waals surface area (Å²) in [5, 5.41) is 7.10. The molecule has 0 saturated carbocycles. The Bertz CT molecular complexity index is 808. The Morgan fingerprint density at radius 2 is 1.64 bits per heavy atom. The zero-order valence-electron chi connectivity index (χ0n) is 15.7. The largest absolute Gasteiger partial charge is 0.378 e. The number of benzene rings is 2. The SMILES string of the molecule is CN(CC(=O)Nc1ccc(N2CCOCC2)cc1)C(=S)Nc1ccc(Cl)cc1. The number of ether oxygens (including phenoxy) is 1. The van der Waals surface area contributed by atoms with Crippen molar-refractivity contribution in [1.29, 1.82) is 0 Å². The minimum atomic E-state index is -0.137. The summed E-state index contributed by atoms with van der Waals surface area (Å²) < 4.78 is 5.37. The van der Waals surface area contributed by atoms with Gasteiger partial charge < -0.3 is 25.2 Å². The summed E-state index contributed by atoms with van der Waals surface area (Å²) in [6, 6.07) is 15.1. The van der Waals surface area contributed by atoms with E-state index in [9.17, 15) is 4.79 Å². The van der Waals surface area contributed by atoms with Crippen LogP contribution in [0.15, 0.2) is 48.5 Å². The lowest BCUT2D eigenvalue weighted by molar-refractivity contribution is -0.116. The number of morpholine rings is 1. The quantitative estimate of drug-likeness (QED) is 0.725. The zero-order chi connectivity index (χ0) is 19.9.